The van der Waals surface area contributed by atoms with Crippen molar-refractivity contribution in [1.82, 2.24) is 14.3 Å². The van der Waals surface area contributed by atoms with Crippen LogP contribution in [-0.4, -0.2) is 46.2 Å². The van der Waals surface area contributed by atoms with Crippen molar-refractivity contribution in [3.63, 3.8) is 0 Å². The van der Waals surface area contributed by atoms with Crippen molar-refractivity contribution in [2.45, 2.75) is 19.1 Å². The van der Waals surface area contributed by atoms with E-state index < -0.39 is 11.2 Å². The van der Waals surface area contributed by atoms with Crippen LogP contribution in [0.25, 0.3) is 0 Å². The van der Waals surface area contributed by atoms with E-state index in [-0.39, 0.29) is 18.0 Å². The second-order valence-electron chi connectivity index (χ2n) is 4.80. The molecule has 8 heteroatoms. The lowest BCUT2D eigenvalue weighted by Crippen LogP contribution is -2.53. The molecule has 0 bridgehead atoms. The summed E-state index contributed by atoms with van der Waals surface area (Å²) in [5.41, 5.74) is 4.78. The highest BCUT2D eigenvalue weighted by molar-refractivity contribution is 5.35. The number of nitrogens with two attached hydrogens (primary N) is 1. The Morgan fingerprint density at radius 2 is 2.05 bits per heavy atom. The third-order valence-electron chi connectivity index (χ3n) is 3.19. The molecule has 2 N–H and O–H groups in total. The zero-order chi connectivity index (χ0) is 14.2. The smallest absolute Gasteiger partial charge is 0.346 e. The molecule has 0 aliphatic carbocycles. The van der Waals surface area contributed by atoms with Gasteiger partial charge in [-0.3, -0.25) is 9.36 Å². The molecule has 1 aromatic rings. The molecule has 2 rings (SSSR count). The fourth-order valence-corrected chi connectivity index (χ4v) is 2.23. The Balaban J connectivity index is 2.42. The lowest BCUT2D eigenvalue weighted by molar-refractivity contribution is -0.0109. The normalized spacial score (nSPS) is 23.7. The summed E-state index contributed by atoms with van der Waals surface area (Å²) in [4.78, 5) is 25.6. The number of morpholine rings is 1. The van der Waals surface area contributed by atoms with E-state index in [4.69, 9.17) is 10.5 Å². The van der Waals surface area contributed by atoms with Crippen molar-refractivity contribution >= 4 is 5.82 Å². The zero-order valence-electron chi connectivity index (χ0n) is 11.4. The van der Waals surface area contributed by atoms with E-state index in [1.165, 1.54) is 14.1 Å². The average Bonchev–Trinajstić information content (AvgIpc) is 2.39. The van der Waals surface area contributed by atoms with E-state index in [1.807, 2.05) is 11.8 Å². The molecule has 1 fully saturated rings. The predicted molar refractivity (Wildman–Crippen MR) is 70.3 cm³/mol. The molecule has 1 aliphatic heterocycles. The molecule has 0 spiro atoms. The summed E-state index contributed by atoms with van der Waals surface area (Å²) >= 11 is 0. The van der Waals surface area contributed by atoms with Gasteiger partial charge < -0.3 is 15.4 Å². The highest BCUT2D eigenvalue weighted by Crippen LogP contribution is 2.14. The molecule has 0 radical (unpaired) electrons. The maximum Gasteiger partial charge on any atom is 0.346 e. The molecule has 2 unspecified atom stereocenters. The van der Waals surface area contributed by atoms with E-state index in [0.717, 1.165) is 9.25 Å². The van der Waals surface area contributed by atoms with Gasteiger partial charge in [-0.2, -0.15) is 0 Å². The number of ether oxygens (including phenoxy) is 1. The largest absolute Gasteiger partial charge is 0.370 e. The van der Waals surface area contributed by atoms with Crippen LogP contribution < -0.4 is 21.9 Å². The maximum absolute atomic E-state index is 12.1. The minimum atomic E-state index is -0.439. The molecule has 1 saturated heterocycles. The number of hydrogen-bond acceptors (Lipinski definition) is 6. The monoisotopic (exact) mass is 269 g/mol. The molecular weight excluding hydrogens is 250 g/mol. The Morgan fingerprint density at radius 1 is 1.37 bits per heavy atom. The van der Waals surface area contributed by atoms with Gasteiger partial charge in [-0.1, -0.05) is 0 Å². The van der Waals surface area contributed by atoms with Crippen LogP contribution in [0, 0.1) is 0 Å². The lowest BCUT2D eigenvalue weighted by Gasteiger charge is -2.36. The van der Waals surface area contributed by atoms with Crippen LogP contribution in [0.5, 0.6) is 0 Å². The number of hydrogen-bond donors (Lipinski definition) is 1. The molecular formula is C11H19N5O3. The summed E-state index contributed by atoms with van der Waals surface area (Å²) in [6.45, 7) is 3.35. The Bertz CT molecular complexity index is 579. The van der Waals surface area contributed by atoms with Crippen LogP contribution in [0.3, 0.4) is 0 Å². The molecule has 0 aromatic carbocycles. The molecule has 0 amide bonds. The first-order chi connectivity index (χ1) is 8.93. The quantitative estimate of drug-likeness (QED) is 0.669. The number of nitrogens with zero attached hydrogens (tertiary/aromatic N) is 4. The first-order valence-electron chi connectivity index (χ1n) is 6.18. The average molecular weight is 269 g/mol. The molecule has 0 saturated carbocycles. The highest BCUT2D eigenvalue weighted by atomic mass is 16.5. The topological polar surface area (TPSA) is 95.4 Å². The summed E-state index contributed by atoms with van der Waals surface area (Å²) in [5.74, 6) is 0.262. The lowest BCUT2D eigenvalue weighted by atomic mass is 10.2. The van der Waals surface area contributed by atoms with Crippen LogP contribution in [0.2, 0.25) is 0 Å². The van der Waals surface area contributed by atoms with E-state index in [1.54, 1.807) is 0 Å². The van der Waals surface area contributed by atoms with Gasteiger partial charge >= 0.3 is 5.69 Å². The van der Waals surface area contributed by atoms with Crippen molar-refractivity contribution in [3.8, 4) is 0 Å². The SMILES string of the molecule is CC1CN(c2nn(C)c(=O)n(C)c2=O)CC(CN)O1. The van der Waals surface area contributed by atoms with Gasteiger partial charge in [-0.05, 0) is 6.92 Å². The summed E-state index contributed by atoms with van der Waals surface area (Å²) in [7, 11) is 2.97. The third kappa shape index (κ3) is 2.54. The van der Waals surface area contributed by atoms with Crippen LogP contribution >= 0.6 is 0 Å². The molecule has 1 aliphatic rings. The van der Waals surface area contributed by atoms with Gasteiger partial charge in [0, 0.05) is 33.7 Å². The van der Waals surface area contributed by atoms with Crippen molar-refractivity contribution in [3.05, 3.63) is 20.8 Å². The van der Waals surface area contributed by atoms with Gasteiger partial charge in [0.05, 0.1) is 12.2 Å². The van der Waals surface area contributed by atoms with Gasteiger partial charge in [0.2, 0.25) is 5.82 Å². The summed E-state index contributed by atoms with van der Waals surface area (Å²) in [5, 5.41) is 4.06. The van der Waals surface area contributed by atoms with E-state index in [0.29, 0.717) is 19.6 Å². The van der Waals surface area contributed by atoms with Crippen LogP contribution in [0.15, 0.2) is 9.59 Å². The predicted octanol–water partition coefficient (Wildman–Crippen LogP) is -1.97. The molecule has 19 heavy (non-hydrogen) atoms. The van der Waals surface area contributed by atoms with Crippen molar-refractivity contribution in [2.75, 3.05) is 24.5 Å². The van der Waals surface area contributed by atoms with E-state index in [2.05, 4.69) is 5.10 Å². The van der Waals surface area contributed by atoms with Crippen molar-refractivity contribution in [2.24, 2.45) is 19.8 Å². The van der Waals surface area contributed by atoms with Gasteiger partial charge in [0.15, 0.2) is 0 Å². The maximum atomic E-state index is 12.1. The Hall–Kier alpha value is -1.67. The first kappa shape index (κ1) is 13.8. The fraction of sp³-hybridized carbons (Fsp3) is 0.727. The van der Waals surface area contributed by atoms with Gasteiger partial charge in [-0.25, -0.2) is 9.48 Å². The minimum Gasteiger partial charge on any atom is -0.370 e. The molecule has 2 heterocycles. The number of aryl methyl sites for hydroxylation is 1. The van der Waals surface area contributed by atoms with Crippen LogP contribution in [-0.2, 0) is 18.8 Å². The highest BCUT2D eigenvalue weighted by Gasteiger charge is 2.27. The van der Waals surface area contributed by atoms with E-state index in [9.17, 15) is 9.59 Å². The van der Waals surface area contributed by atoms with Gasteiger partial charge in [-0.15, -0.1) is 5.10 Å². The standard InChI is InChI=1S/C11H19N5O3/c1-7-5-16(6-8(4-12)19-7)9-10(17)14(2)11(18)15(3)13-9/h7-8H,4-6,12H2,1-3H3. The number of anilines is 1. The fourth-order valence-electron chi connectivity index (χ4n) is 2.23. The van der Waals surface area contributed by atoms with Crippen LogP contribution in [0.4, 0.5) is 5.82 Å². The number of rotatable bonds is 2. The van der Waals surface area contributed by atoms with Gasteiger partial charge in [0.25, 0.3) is 5.56 Å². The first-order valence-corrected chi connectivity index (χ1v) is 6.18. The third-order valence-corrected chi connectivity index (χ3v) is 3.19. The number of aromatic nitrogens is 3. The summed E-state index contributed by atoms with van der Waals surface area (Å²) in [6, 6.07) is 0. The Morgan fingerprint density at radius 3 is 2.68 bits per heavy atom. The minimum absolute atomic E-state index is 0.0361. The summed E-state index contributed by atoms with van der Waals surface area (Å²) in [6.07, 6.45) is -0.168. The van der Waals surface area contributed by atoms with Crippen LogP contribution in [0.1, 0.15) is 6.92 Å². The Labute approximate surface area is 110 Å². The molecule has 106 valence electrons. The molecule has 8 nitrogen and oxygen atoms in total. The van der Waals surface area contributed by atoms with Crippen molar-refractivity contribution in [1.29, 1.82) is 0 Å². The summed E-state index contributed by atoms with van der Waals surface area (Å²) < 4.78 is 7.86. The molecule has 1 aromatic heterocycles. The molecule has 2 atom stereocenters. The van der Waals surface area contributed by atoms with Gasteiger partial charge in [0.1, 0.15) is 0 Å². The second-order valence-corrected chi connectivity index (χ2v) is 4.80. The second kappa shape index (κ2) is 5.14. The van der Waals surface area contributed by atoms with E-state index >= 15 is 0 Å². The Kier molecular flexibility index (Phi) is 3.72. The zero-order valence-corrected chi connectivity index (χ0v) is 11.4. The van der Waals surface area contributed by atoms with Crippen molar-refractivity contribution < 1.29 is 4.74 Å².